The van der Waals surface area contributed by atoms with Gasteiger partial charge in [-0.2, -0.15) is 15.9 Å². The maximum absolute atomic E-state index is 12.8. The van der Waals surface area contributed by atoms with Crippen LogP contribution in [0.1, 0.15) is 142 Å². The number of anilines is 1. The normalized spacial score (nSPS) is 13.6. The molecule has 0 saturated heterocycles. The SMILES string of the molecule is CC=O.CCCCC(CC)NC(=O)COc1ccc2c(c1)C(=O)N(C(C)CCC(=O)CC)C2=O.Cc1c(Cl)cc(C(C)(C)c2ccc(OCc3ccnc(N[N+](C)(O)S)n3)cc2)cc1C#N. The molecule has 3 unspecified atom stereocenters. The molecule has 0 spiro atoms. The van der Waals surface area contributed by atoms with Crippen LogP contribution >= 0.6 is 24.4 Å². The summed E-state index contributed by atoms with van der Waals surface area (Å²) in [6.45, 7) is 15.3. The van der Waals surface area contributed by atoms with E-state index < -0.39 is 10.1 Å². The van der Waals surface area contributed by atoms with Crippen molar-refractivity contribution < 1.29 is 42.8 Å². The fourth-order valence-corrected chi connectivity index (χ4v) is 7.13. The maximum atomic E-state index is 12.8. The number of ketones is 1. The van der Waals surface area contributed by atoms with Crippen LogP contribution in [0.25, 0.3) is 0 Å². The van der Waals surface area contributed by atoms with E-state index in [9.17, 15) is 29.6 Å². The van der Waals surface area contributed by atoms with Crippen molar-refractivity contribution in [2.24, 2.45) is 0 Å². The van der Waals surface area contributed by atoms with E-state index >= 15 is 0 Å². The summed E-state index contributed by atoms with van der Waals surface area (Å²) in [5, 5.41) is 22.6. The number of thiol groups is 1. The molecule has 2 heterocycles. The highest BCUT2D eigenvalue weighted by Gasteiger charge is 2.38. The molecule has 1 aromatic heterocycles. The van der Waals surface area contributed by atoms with E-state index in [1.807, 2.05) is 50.2 Å². The van der Waals surface area contributed by atoms with Crippen molar-refractivity contribution in [3.05, 3.63) is 111 Å². The molecule has 4 aromatic rings. The first-order chi connectivity index (χ1) is 31.2. The smallest absolute Gasteiger partial charge is 0.273 e. The Morgan fingerprint density at radius 1 is 1.00 bits per heavy atom. The standard InChI is InChI=1S/C24H34N2O5.C23H25ClN5O2S.C2H4O/c1-5-8-9-17(6-2)25-22(28)15-31-19-12-13-20-21(14-19)24(30)26(23(20)29)16(4)10-11-18(27)7-3;1-15-16(13-25)11-18(12-21(15)24)23(2,3)17-5-7-20(8-6-17)31-14-19-9-10-26-22(27-19)28-29(4,30)32;1-2-3/h12-14,16-17H,5-11,15H2,1-4H3,(H,25,28);5-12,30,32H,14H2,1-4H3,(H,26,27,28);2H,1H3/q;+1;. The minimum absolute atomic E-state index is 0.109. The molecule has 5 rings (SSSR count). The first kappa shape index (κ1) is 54.5. The van der Waals surface area contributed by atoms with Gasteiger partial charge in [-0.25, -0.2) is 9.97 Å². The predicted octanol–water partition coefficient (Wildman–Crippen LogP) is 9.32. The topological polar surface area (TPSA) is 201 Å². The number of fused-ring (bicyclic) bond motifs is 1. The zero-order valence-electron chi connectivity index (χ0n) is 39.3. The number of ether oxygens (including phenoxy) is 2. The van der Waals surface area contributed by atoms with Gasteiger partial charge in [0.1, 0.15) is 50.0 Å². The van der Waals surface area contributed by atoms with Gasteiger partial charge in [0.15, 0.2) is 6.61 Å². The summed E-state index contributed by atoms with van der Waals surface area (Å²) in [5.41, 5.74) is 6.92. The third kappa shape index (κ3) is 15.9. The van der Waals surface area contributed by atoms with Crippen molar-refractivity contribution in [2.75, 3.05) is 19.1 Å². The summed E-state index contributed by atoms with van der Waals surface area (Å²) in [6.07, 6.45) is 7.48. The summed E-state index contributed by atoms with van der Waals surface area (Å²) in [4.78, 5) is 67.7. The summed E-state index contributed by atoms with van der Waals surface area (Å²) in [7, 11) is 1.42. The fraction of sp³-hybridized carbons (Fsp3) is 0.429. The lowest BCUT2D eigenvalue weighted by Crippen LogP contribution is -2.38. The number of hydroxylamine groups is 1. The highest BCUT2D eigenvalue weighted by Crippen LogP contribution is 2.36. The highest BCUT2D eigenvalue weighted by molar-refractivity contribution is 7.74. The molecule has 15 nitrogen and oxygen atoms in total. The number of nitrogens with zero attached hydrogens (tertiary/aromatic N) is 5. The van der Waals surface area contributed by atoms with Crippen LogP contribution in [0.4, 0.5) is 5.95 Å². The van der Waals surface area contributed by atoms with Crippen molar-refractivity contribution in [3.8, 4) is 17.6 Å². The fourth-order valence-electron chi connectivity index (χ4n) is 6.82. The lowest BCUT2D eigenvalue weighted by Gasteiger charge is -2.27. The first-order valence-corrected chi connectivity index (χ1v) is 22.7. The maximum Gasteiger partial charge on any atom is 0.273 e. The zero-order chi connectivity index (χ0) is 49.2. The molecule has 0 saturated carbocycles. The number of rotatable bonds is 20. The molecule has 66 heavy (non-hydrogen) atoms. The average molecular weight is 946 g/mol. The number of quaternary nitrogens is 1. The largest absolute Gasteiger partial charge is 0.487 e. The van der Waals surface area contributed by atoms with E-state index in [1.165, 1.54) is 24.9 Å². The molecule has 0 fully saturated rings. The Labute approximate surface area is 398 Å². The van der Waals surface area contributed by atoms with Crippen LogP contribution in [0, 0.1) is 18.3 Å². The third-order valence-corrected chi connectivity index (χ3v) is 11.4. The van der Waals surface area contributed by atoms with Crippen LogP contribution in [0.2, 0.25) is 5.02 Å². The zero-order valence-corrected chi connectivity index (χ0v) is 41.0. The Hall–Kier alpha value is -5.86. The van der Waals surface area contributed by atoms with Crippen LogP contribution in [0.15, 0.2) is 66.9 Å². The molecule has 3 N–H and O–H groups in total. The van der Waals surface area contributed by atoms with Gasteiger partial charge in [0.25, 0.3) is 23.7 Å². The highest BCUT2D eigenvalue weighted by atomic mass is 35.5. The van der Waals surface area contributed by atoms with E-state index in [1.54, 1.807) is 38.2 Å². The number of carbonyl (C=O) groups excluding carboxylic acids is 5. The number of aldehydes is 1. The van der Waals surface area contributed by atoms with E-state index in [-0.39, 0.29) is 59.8 Å². The number of nitriles is 1. The predicted molar refractivity (Wildman–Crippen MR) is 256 cm³/mol. The second-order valence-corrected chi connectivity index (χ2v) is 17.6. The molecule has 3 amide bonds. The number of hydrogen-bond donors (Lipinski definition) is 4. The second-order valence-electron chi connectivity index (χ2n) is 16.4. The van der Waals surface area contributed by atoms with Crippen molar-refractivity contribution in [3.63, 3.8) is 0 Å². The van der Waals surface area contributed by atoms with E-state index in [0.29, 0.717) is 52.6 Å². The number of benzene rings is 3. The molecule has 0 aliphatic carbocycles. The van der Waals surface area contributed by atoms with Crippen LogP contribution in [-0.2, 0) is 26.4 Å². The van der Waals surface area contributed by atoms with Gasteiger partial charge in [-0.05, 0) is 109 Å². The Morgan fingerprint density at radius 3 is 2.26 bits per heavy atom. The van der Waals surface area contributed by atoms with Crippen molar-refractivity contribution in [1.29, 1.82) is 5.26 Å². The second kappa shape index (κ2) is 25.7. The molecule has 0 radical (unpaired) electrons. The van der Waals surface area contributed by atoms with E-state index in [4.69, 9.17) is 25.9 Å². The van der Waals surface area contributed by atoms with Crippen LogP contribution in [0.3, 0.4) is 0 Å². The summed E-state index contributed by atoms with van der Waals surface area (Å²) in [5.74, 6) is 0.442. The number of aromatic nitrogens is 2. The Morgan fingerprint density at radius 2 is 1.65 bits per heavy atom. The molecule has 0 bridgehead atoms. The van der Waals surface area contributed by atoms with Gasteiger partial charge in [-0.15, -0.1) is 0 Å². The van der Waals surface area contributed by atoms with Crippen molar-refractivity contribution >= 4 is 60.2 Å². The average Bonchev–Trinajstić information content (AvgIpc) is 3.54. The molecule has 1 aliphatic rings. The number of imide groups is 1. The van der Waals surface area contributed by atoms with Gasteiger partial charge in [0.2, 0.25) is 0 Å². The number of carbonyl (C=O) groups is 5. The van der Waals surface area contributed by atoms with Crippen molar-refractivity contribution in [1.82, 2.24) is 20.2 Å². The van der Waals surface area contributed by atoms with Crippen LogP contribution in [0.5, 0.6) is 11.5 Å². The lowest BCUT2D eigenvalue weighted by molar-refractivity contribution is -0.955. The van der Waals surface area contributed by atoms with Crippen LogP contribution < -0.4 is 20.2 Å². The van der Waals surface area contributed by atoms with E-state index in [0.717, 1.165) is 48.7 Å². The van der Waals surface area contributed by atoms with Gasteiger partial charge in [0.05, 0.1) is 28.5 Å². The lowest BCUT2D eigenvalue weighted by atomic mass is 9.77. The minimum Gasteiger partial charge on any atom is -0.487 e. The van der Waals surface area contributed by atoms with Crippen LogP contribution in [-0.4, -0.2) is 79.8 Å². The van der Waals surface area contributed by atoms with Gasteiger partial charge in [-0.3, -0.25) is 24.1 Å². The minimum atomic E-state index is -0.788. The molecular weight excluding hydrogens is 882 g/mol. The van der Waals surface area contributed by atoms with Gasteiger partial charge >= 0.3 is 0 Å². The van der Waals surface area contributed by atoms with Crippen molar-refractivity contribution in [2.45, 2.75) is 124 Å². The first-order valence-electron chi connectivity index (χ1n) is 21.9. The molecule has 3 aromatic carbocycles. The number of nitrogens with one attached hydrogen (secondary N) is 2. The number of Topliss-reactive ketones (excluding diaryl/α,β-unsaturated/α-hetero) is 1. The monoisotopic (exact) mass is 944 g/mol. The number of amides is 3. The van der Waals surface area contributed by atoms with Gasteiger partial charge < -0.3 is 19.6 Å². The summed E-state index contributed by atoms with van der Waals surface area (Å²) >= 11 is 10.3. The van der Waals surface area contributed by atoms with E-state index in [2.05, 4.69) is 60.4 Å². The summed E-state index contributed by atoms with van der Waals surface area (Å²) < 4.78 is 10.6. The molecule has 354 valence electrons. The quantitative estimate of drug-likeness (QED) is 0.0215. The Bertz CT molecular complexity index is 2350. The Kier molecular flexibility index (Phi) is 21.2. The van der Waals surface area contributed by atoms with Gasteiger partial charge in [0, 0.05) is 41.6 Å². The molecule has 17 heteroatoms. The molecular formula is C49H63ClN7O8S+. The Balaban J connectivity index is 0.000000331. The third-order valence-electron chi connectivity index (χ3n) is 10.9. The number of unbranched alkanes of at least 4 members (excludes halogenated alkanes) is 1. The molecule has 3 atom stereocenters. The van der Waals surface area contributed by atoms with Gasteiger partial charge in [-0.1, -0.05) is 71.2 Å². The number of halogens is 1. The summed E-state index contributed by atoms with van der Waals surface area (Å²) in [6, 6.07) is 20.0. The molecule has 1 aliphatic heterocycles. The number of hydrogen-bond acceptors (Lipinski definition) is 13.